The van der Waals surface area contributed by atoms with Gasteiger partial charge in [-0.15, -0.1) is 0 Å². The van der Waals surface area contributed by atoms with Gasteiger partial charge in [0.25, 0.3) is 5.91 Å². The molecular formula is C22H26N4O. The molecule has 1 aliphatic heterocycles. The number of aromatic amines is 1. The predicted molar refractivity (Wildman–Crippen MR) is 109 cm³/mol. The van der Waals surface area contributed by atoms with Crippen molar-refractivity contribution in [1.29, 1.82) is 0 Å². The van der Waals surface area contributed by atoms with Gasteiger partial charge in [0.1, 0.15) is 5.82 Å². The summed E-state index contributed by atoms with van der Waals surface area (Å²) in [5, 5.41) is 4.29. The highest BCUT2D eigenvalue weighted by molar-refractivity contribution is 5.99. The second kappa shape index (κ2) is 7.43. The number of nitrogens with zero attached hydrogens (tertiary/aromatic N) is 2. The molecular weight excluding hydrogens is 336 g/mol. The predicted octanol–water partition coefficient (Wildman–Crippen LogP) is 4.10. The van der Waals surface area contributed by atoms with Gasteiger partial charge in [-0.2, -0.15) is 0 Å². The number of nitrogens with one attached hydrogen (secondary N) is 2. The highest BCUT2D eigenvalue weighted by Crippen LogP contribution is 2.23. The number of rotatable bonds is 4. The van der Waals surface area contributed by atoms with Crippen LogP contribution in [0.1, 0.15) is 46.4 Å². The fourth-order valence-corrected chi connectivity index (χ4v) is 3.83. The second-order valence-corrected chi connectivity index (χ2v) is 7.36. The van der Waals surface area contributed by atoms with Crippen molar-refractivity contribution < 1.29 is 4.79 Å². The molecule has 0 bridgehead atoms. The lowest BCUT2D eigenvalue weighted by Gasteiger charge is -2.29. The molecule has 2 N–H and O–H groups in total. The maximum Gasteiger partial charge on any atom is 0.255 e. The van der Waals surface area contributed by atoms with E-state index < -0.39 is 0 Å². The van der Waals surface area contributed by atoms with Gasteiger partial charge in [-0.1, -0.05) is 6.07 Å². The number of piperidine rings is 1. The van der Waals surface area contributed by atoms with Crippen LogP contribution in [0.3, 0.4) is 0 Å². The normalized spacial score (nSPS) is 14.5. The molecule has 0 aliphatic carbocycles. The number of aryl methyl sites for hydroxylation is 2. The van der Waals surface area contributed by atoms with E-state index in [-0.39, 0.29) is 5.91 Å². The molecule has 1 aliphatic rings. The SMILES string of the molecule is Cc1[nH]c2ccc(CNC(=O)c3cccnc3N3CCCCC3)cc2c1C. The Morgan fingerprint density at radius 1 is 1.19 bits per heavy atom. The van der Waals surface area contributed by atoms with Crippen LogP contribution >= 0.6 is 0 Å². The molecule has 5 heteroatoms. The molecule has 1 saturated heterocycles. The Morgan fingerprint density at radius 3 is 2.81 bits per heavy atom. The largest absolute Gasteiger partial charge is 0.358 e. The Labute approximate surface area is 159 Å². The van der Waals surface area contributed by atoms with E-state index in [9.17, 15) is 4.79 Å². The first-order valence-corrected chi connectivity index (χ1v) is 9.69. The van der Waals surface area contributed by atoms with Crippen LogP contribution in [0.15, 0.2) is 36.5 Å². The first kappa shape index (κ1) is 17.6. The number of fused-ring (bicyclic) bond motifs is 1. The molecule has 0 spiro atoms. The minimum absolute atomic E-state index is 0.0641. The third kappa shape index (κ3) is 3.54. The standard InChI is InChI=1S/C22H26N4O/c1-15-16(2)25-20-9-8-17(13-19(15)20)14-24-22(27)18-7-6-10-23-21(18)26-11-4-3-5-12-26/h6-10,13,25H,3-5,11-12,14H2,1-2H3,(H,24,27). The second-order valence-electron chi connectivity index (χ2n) is 7.36. The topological polar surface area (TPSA) is 61.0 Å². The van der Waals surface area contributed by atoms with E-state index in [0.717, 1.165) is 42.8 Å². The van der Waals surface area contributed by atoms with Gasteiger partial charge in [-0.25, -0.2) is 4.98 Å². The van der Waals surface area contributed by atoms with Gasteiger partial charge >= 0.3 is 0 Å². The molecule has 3 aromatic rings. The fourth-order valence-electron chi connectivity index (χ4n) is 3.83. The summed E-state index contributed by atoms with van der Waals surface area (Å²) < 4.78 is 0. The van der Waals surface area contributed by atoms with E-state index in [1.54, 1.807) is 6.20 Å². The minimum atomic E-state index is -0.0641. The zero-order valence-electron chi connectivity index (χ0n) is 16.0. The van der Waals surface area contributed by atoms with Crippen molar-refractivity contribution in [3.8, 4) is 0 Å². The monoisotopic (exact) mass is 362 g/mol. The number of pyridine rings is 1. The first-order chi connectivity index (χ1) is 13.1. The Hall–Kier alpha value is -2.82. The molecule has 2 aromatic heterocycles. The minimum Gasteiger partial charge on any atom is -0.358 e. The van der Waals surface area contributed by atoms with Gasteiger partial charge in [0.15, 0.2) is 0 Å². The van der Waals surface area contributed by atoms with Crippen molar-refractivity contribution in [2.24, 2.45) is 0 Å². The fraction of sp³-hybridized carbons (Fsp3) is 0.364. The van der Waals surface area contributed by atoms with Gasteiger partial charge in [0.05, 0.1) is 5.56 Å². The Kier molecular flexibility index (Phi) is 4.84. The summed E-state index contributed by atoms with van der Waals surface area (Å²) in [6.45, 7) is 6.66. The van der Waals surface area contributed by atoms with Crippen molar-refractivity contribution in [2.45, 2.75) is 39.7 Å². The molecule has 1 fully saturated rings. The van der Waals surface area contributed by atoms with Crippen molar-refractivity contribution in [2.75, 3.05) is 18.0 Å². The number of carbonyl (C=O) groups is 1. The van der Waals surface area contributed by atoms with Crippen LogP contribution in [-0.4, -0.2) is 29.0 Å². The summed E-state index contributed by atoms with van der Waals surface area (Å²) in [7, 11) is 0. The average molecular weight is 362 g/mol. The van der Waals surface area contributed by atoms with Crippen LogP contribution in [0.2, 0.25) is 0 Å². The number of hydrogen-bond acceptors (Lipinski definition) is 3. The number of anilines is 1. The maximum absolute atomic E-state index is 12.8. The van der Waals surface area contributed by atoms with E-state index in [1.165, 1.54) is 23.1 Å². The van der Waals surface area contributed by atoms with Crippen LogP contribution in [0.4, 0.5) is 5.82 Å². The molecule has 1 amide bonds. The zero-order valence-corrected chi connectivity index (χ0v) is 16.0. The summed E-state index contributed by atoms with van der Waals surface area (Å²) in [6, 6.07) is 10.0. The van der Waals surface area contributed by atoms with Crippen LogP contribution in [-0.2, 0) is 6.54 Å². The van der Waals surface area contributed by atoms with Crippen molar-refractivity contribution in [3.63, 3.8) is 0 Å². The summed E-state index contributed by atoms with van der Waals surface area (Å²) in [5.41, 5.74) is 5.35. The van der Waals surface area contributed by atoms with Gasteiger partial charge in [-0.05, 0) is 68.5 Å². The van der Waals surface area contributed by atoms with E-state index in [1.807, 2.05) is 12.1 Å². The summed E-state index contributed by atoms with van der Waals surface area (Å²) in [6.07, 6.45) is 5.34. The van der Waals surface area contributed by atoms with Gasteiger partial charge in [0, 0.05) is 42.4 Å². The lowest BCUT2D eigenvalue weighted by molar-refractivity contribution is 0.0951. The number of hydrogen-bond donors (Lipinski definition) is 2. The average Bonchev–Trinajstić information content (AvgIpc) is 3.00. The molecule has 0 radical (unpaired) electrons. The van der Waals surface area contributed by atoms with Crippen molar-refractivity contribution in [1.82, 2.24) is 15.3 Å². The molecule has 3 heterocycles. The van der Waals surface area contributed by atoms with Crippen LogP contribution in [0.5, 0.6) is 0 Å². The number of benzene rings is 1. The van der Waals surface area contributed by atoms with Crippen molar-refractivity contribution >= 4 is 22.6 Å². The third-order valence-electron chi connectivity index (χ3n) is 5.51. The Morgan fingerprint density at radius 2 is 2.00 bits per heavy atom. The molecule has 5 nitrogen and oxygen atoms in total. The number of aromatic nitrogens is 2. The molecule has 0 atom stereocenters. The Bertz CT molecular complexity index is 970. The van der Waals surface area contributed by atoms with E-state index >= 15 is 0 Å². The Balaban J connectivity index is 1.51. The summed E-state index contributed by atoms with van der Waals surface area (Å²) >= 11 is 0. The van der Waals surface area contributed by atoms with Gasteiger partial charge < -0.3 is 15.2 Å². The van der Waals surface area contributed by atoms with Gasteiger partial charge in [0.2, 0.25) is 0 Å². The first-order valence-electron chi connectivity index (χ1n) is 9.69. The lowest BCUT2D eigenvalue weighted by Crippen LogP contribution is -2.33. The third-order valence-corrected chi connectivity index (χ3v) is 5.51. The van der Waals surface area contributed by atoms with E-state index in [0.29, 0.717) is 12.1 Å². The number of carbonyl (C=O) groups excluding carboxylic acids is 1. The molecule has 0 unspecified atom stereocenters. The van der Waals surface area contributed by atoms with Crippen LogP contribution in [0, 0.1) is 13.8 Å². The summed E-state index contributed by atoms with van der Waals surface area (Å²) in [5.74, 6) is 0.744. The molecule has 140 valence electrons. The van der Waals surface area contributed by atoms with Crippen LogP contribution in [0.25, 0.3) is 10.9 Å². The summed E-state index contributed by atoms with van der Waals surface area (Å²) in [4.78, 5) is 22.9. The van der Waals surface area contributed by atoms with Crippen LogP contribution < -0.4 is 10.2 Å². The van der Waals surface area contributed by atoms with Crippen molar-refractivity contribution in [3.05, 3.63) is 58.9 Å². The molecule has 1 aromatic carbocycles. The quantitative estimate of drug-likeness (QED) is 0.734. The molecule has 27 heavy (non-hydrogen) atoms. The number of H-pyrrole nitrogens is 1. The highest BCUT2D eigenvalue weighted by Gasteiger charge is 2.19. The van der Waals surface area contributed by atoms with E-state index in [2.05, 4.69) is 52.2 Å². The molecule has 4 rings (SSSR count). The number of amides is 1. The van der Waals surface area contributed by atoms with Gasteiger partial charge in [-0.3, -0.25) is 4.79 Å². The highest BCUT2D eigenvalue weighted by atomic mass is 16.1. The van der Waals surface area contributed by atoms with E-state index in [4.69, 9.17) is 0 Å². The lowest BCUT2D eigenvalue weighted by atomic mass is 10.1. The smallest absolute Gasteiger partial charge is 0.255 e. The molecule has 0 saturated carbocycles. The maximum atomic E-state index is 12.8. The zero-order chi connectivity index (χ0) is 18.8.